The molecule has 1 aliphatic rings. The minimum Gasteiger partial charge on any atom is -0.480 e. The monoisotopic (exact) mass is 347 g/mol. The van der Waals surface area contributed by atoms with Crippen LogP contribution in [0.2, 0.25) is 0 Å². The second-order valence-electron chi connectivity index (χ2n) is 5.48. The predicted molar refractivity (Wildman–Crippen MR) is 74.2 cm³/mol. The number of hydrogen-bond acceptors (Lipinski definition) is 5. The number of aromatic nitrogens is 2. The van der Waals surface area contributed by atoms with Gasteiger partial charge in [-0.15, -0.1) is 0 Å². The van der Waals surface area contributed by atoms with E-state index in [0.717, 1.165) is 6.07 Å². The van der Waals surface area contributed by atoms with Crippen molar-refractivity contribution in [2.75, 3.05) is 13.2 Å². The first-order valence-corrected chi connectivity index (χ1v) is 7.23. The molecule has 1 aliphatic heterocycles. The van der Waals surface area contributed by atoms with E-state index in [0.29, 0.717) is 19.4 Å². The Bertz CT molecular complexity index is 630. The van der Waals surface area contributed by atoms with Crippen molar-refractivity contribution in [2.45, 2.75) is 32.0 Å². The van der Waals surface area contributed by atoms with Crippen LogP contribution < -0.4 is 5.32 Å². The molecule has 1 aromatic rings. The van der Waals surface area contributed by atoms with E-state index < -0.39 is 41.5 Å². The second kappa shape index (κ2) is 7.12. The zero-order chi connectivity index (χ0) is 17.9. The largest absolute Gasteiger partial charge is 0.480 e. The van der Waals surface area contributed by atoms with Gasteiger partial charge >= 0.3 is 12.1 Å². The van der Waals surface area contributed by atoms with E-state index >= 15 is 0 Å². The maximum atomic E-state index is 12.7. The Morgan fingerprint density at radius 2 is 2.12 bits per heavy atom. The number of hydrogen-bond donors (Lipinski definition) is 2. The van der Waals surface area contributed by atoms with E-state index in [-0.39, 0.29) is 12.3 Å². The summed E-state index contributed by atoms with van der Waals surface area (Å²) in [7, 11) is 0. The summed E-state index contributed by atoms with van der Waals surface area (Å²) in [6, 6.07) is -0.191. The maximum Gasteiger partial charge on any atom is 0.451 e. The van der Waals surface area contributed by atoms with E-state index in [4.69, 9.17) is 4.74 Å². The lowest BCUT2D eigenvalue weighted by molar-refractivity contribution is -0.145. The molecule has 10 heteroatoms. The molecule has 7 nitrogen and oxygen atoms in total. The highest BCUT2D eigenvalue weighted by molar-refractivity contribution is 5.95. The van der Waals surface area contributed by atoms with Gasteiger partial charge in [0.05, 0.1) is 6.61 Å². The molecule has 2 rings (SSSR count). The molecule has 0 bridgehead atoms. The molecular formula is C14H16F3N3O4. The molecule has 1 saturated heterocycles. The number of halogens is 3. The number of amides is 1. The highest BCUT2D eigenvalue weighted by atomic mass is 19.4. The number of nitrogens with zero attached hydrogens (tertiary/aromatic N) is 2. The van der Waals surface area contributed by atoms with E-state index in [1.807, 2.05) is 0 Å². The predicted octanol–water partition coefficient (Wildman–Crippen LogP) is 1.41. The molecule has 2 N–H and O–H groups in total. The van der Waals surface area contributed by atoms with Crippen molar-refractivity contribution in [1.82, 2.24) is 15.3 Å². The summed E-state index contributed by atoms with van der Waals surface area (Å²) < 4.78 is 43.4. The molecule has 0 radical (unpaired) electrons. The number of nitrogens with one attached hydrogen (secondary N) is 1. The Labute approximate surface area is 135 Å². The molecule has 0 aromatic carbocycles. The summed E-state index contributed by atoms with van der Waals surface area (Å²) in [6.07, 6.45) is -3.62. The van der Waals surface area contributed by atoms with Crippen molar-refractivity contribution in [1.29, 1.82) is 0 Å². The molecule has 0 spiro atoms. The molecule has 1 fully saturated rings. The smallest absolute Gasteiger partial charge is 0.451 e. The van der Waals surface area contributed by atoms with Crippen molar-refractivity contribution < 1.29 is 32.6 Å². The molecule has 1 aromatic heterocycles. The van der Waals surface area contributed by atoms with Gasteiger partial charge in [-0.25, -0.2) is 14.8 Å². The third kappa shape index (κ3) is 4.40. The van der Waals surface area contributed by atoms with Crippen LogP contribution in [0.3, 0.4) is 0 Å². The van der Waals surface area contributed by atoms with Crippen molar-refractivity contribution in [3.8, 4) is 0 Å². The second-order valence-corrected chi connectivity index (χ2v) is 5.48. The average molecular weight is 347 g/mol. The number of aliphatic carboxylic acids is 1. The Balaban J connectivity index is 2.21. The maximum absolute atomic E-state index is 12.7. The van der Waals surface area contributed by atoms with E-state index in [1.165, 1.54) is 6.92 Å². The molecule has 2 unspecified atom stereocenters. The number of carbonyl (C=O) groups excluding carboxylic acids is 1. The minimum atomic E-state index is -4.80. The van der Waals surface area contributed by atoms with Gasteiger partial charge in [-0.3, -0.25) is 4.79 Å². The first kappa shape index (κ1) is 18.1. The highest BCUT2D eigenvalue weighted by Gasteiger charge is 2.36. The molecule has 2 heterocycles. The minimum absolute atomic E-state index is 0.0460. The molecule has 1 amide bonds. The Kier molecular flexibility index (Phi) is 5.37. The summed E-state index contributed by atoms with van der Waals surface area (Å²) in [4.78, 5) is 30.0. The lowest BCUT2D eigenvalue weighted by Crippen LogP contribution is -2.48. The van der Waals surface area contributed by atoms with Gasteiger partial charge in [0.2, 0.25) is 5.82 Å². The number of rotatable bonds is 4. The van der Waals surface area contributed by atoms with Gasteiger partial charge in [0.25, 0.3) is 5.91 Å². The van der Waals surface area contributed by atoms with Crippen LogP contribution in [0.25, 0.3) is 0 Å². The Morgan fingerprint density at radius 3 is 2.67 bits per heavy atom. The molecule has 132 valence electrons. The average Bonchev–Trinajstić information content (AvgIpc) is 2.51. The van der Waals surface area contributed by atoms with Crippen LogP contribution in [0.4, 0.5) is 13.2 Å². The quantitative estimate of drug-likeness (QED) is 0.854. The number of aryl methyl sites for hydroxylation is 1. The Hall–Kier alpha value is -2.23. The summed E-state index contributed by atoms with van der Waals surface area (Å²) in [6.45, 7) is 1.96. The zero-order valence-corrected chi connectivity index (χ0v) is 12.8. The molecule has 0 aliphatic carbocycles. The van der Waals surface area contributed by atoms with Crippen LogP contribution in [-0.2, 0) is 15.7 Å². The lowest BCUT2D eigenvalue weighted by Gasteiger charge is -2.28. The third-order valence-electron chi connectivity index (χ3n) is 3.56. The van der Waals surface area contributed by atoms with Crippen molar-refractivity contribution in [3.63, 3.8) is 0 Å². The number of carboxylic acid groups (broad SMARTS) is 1. The van der Waals surface area contributed by atoms with Gasteiger partial charge in [0, 0.05) is 18.2 Å². The summed E-state index contributed by atoms with van der Waals surface area (Å²) >= 11 is 0. The normalized spacial score (nSPS) is 19.6. The van der Waals surface area contributed by atoms with Crippen LogP contribution in [0.5, 0.6) is 0 Å². The number of carboxylic acids is 1. The molecule has 24 heavy (non-hydrogen) atoms. The number of alkyl halides is 3. The molecule has 2 atom stereocenters. The molecule has 0 saturated carbocycles. The van der Waals surface area contributed by atoms with Crippen LogP contribution in [-0.4, -0.2) is 46.2 Å². The first-order chi connectivity index (χ1) is 11.2. The van der Waals surface area contributed by atoms with Crippen LogP contribution in [0, 0.1) is 12.8 Å². The zero-order valence-electron chi connectivity index (χ0n) is 12.8. The van der Waals surface area contributed by atoms with Gasteiger partial charge in [0.15, 0.2) is 0 Å². The fourth-order valence-corrected chi connectivity index (χ4v) is 2.44. The summed E-state index contributed by atoms with van der Waals surface area (Å²) in [5.74, 6) is -4.17. The van der Waals surface area contributed by atoms with E-state index in [9.17, 15) is 27.9 Å². The van der Waals surface area contributed by atoms with Gasteiger partial charge in [-0.05, 0) is 25.8 Å². The van der Waals surface area contributed by atoms with Crippen molar-refractivity contribution in [2.24, 2.45) is 5.92 Å². The van der Waals surface area contributed by atoms with Gasteiger partial charge in [-0.2, -0.15) is 13.2 Å². The topological polar surface area (TPSA) is 101 Å². The third-order valence-corrected chi connectivity index (χ3v) is 3.56. The fourth-order valence-electron chi connectivity index (χ4n) is 2.44. The Morgan fingerprint density at radius 1 is 1.42 bits per heavy atom. The van der Waals surface area contributed by atoms with Gasteiger partial charge < -0.3 is 15.2 Å². The highest BCUT2D eigenvalue weighted by Crippen LogP contribution is 2.26. The van der Waals surface area contributed by atoms with Crippen LogP contribution in [0.1, 0.15) is 34.8 Å². The van der Waals surface area contributed by atoms with Crippen molar-refractivity contribution in [3.05, 3.63) is 23.3 Å². The van der Waals surface area contributed by atoms with Gasteiger partial charge in [0.1, 0.15) is 11.7 Å². The van der Waals surface area contributed by atoms with Gasteiger partial charge in [-0.1, -0.05) is 0 Å². The molecular weight excluding hydrogens is 331 g/mol. The first-order valence-electron chi connectivity index (χ1n) is 7.23. The van der Waals surface area contributed by atoms with E-state index in [1.54, 1.807) is 0 Å². The van der Waals surface area contributed by atoms with Crippen LogP contribution in [0.15, 0.2) is 6.07 Å². The summed E-state index contributed by atoms with van der Waals surface area (Å²) in [5, 5.41) is 11.5. The number of carbonyl (C=O) groups is 2. The standard InChI is InChI=1S/C14H16F3N3O4/c1-7-5-9(19-13(18-7)14(15,16)17)11(21)20-10(12(22)23)8-3-2-4-24-6-8/h5,8,10H,2-4,6H2,1H3,(H,20,21)(H,22,23). The van der Waals surface area contributed by atoms with E-state index in [2.05, 4.69) is 15.3 Å². The van der Waals surface area contributed by atoms with Crippen molar-refractivity contribution >= 4 is 11.9 Å². The lowest BCUT2D eigenvalue weighted by atomic mass is 9.93. The van der Waals surface area contributed by atoms with Crippen LogP contribution >= 0.6 is 0 Å². The fraction of sp³-hybridized carbons (Fsp3) is 0.571. The summed E-state index contributed by atoms with van der Waals surface area (Å²) in [5.41, 5.74) is -0.576. The SMILES string of the molecule is Cc1cc(C(=O)NC(C(=O)O)C2CCCOC2)nc(C(F)(F)F)n1. The number of ether oxygens (including phenoxy) is 1.